The Kier molecular flexibility index (Phi) is 6.74. The number of benzene rings is 3. The van der Waals surface area contributed by atoms with Gasteiger partial charge in [0, 0.05) is 12.2 Å². The normalized spacial score (nSPS) is 16.1. The van der Waals surface area contributed by atoms with Gasteiger partial charge in [-0.25, -0.2) is 17.2 Å². The summed E-state index contributed by atoms with van der Waals surface area (Å²) in [7, 11) is -4.51. The van der Waals surface area contributed by atoms with Crippen molar-refractivity contribution in [3.8, 4) is 16.9 Å². The van der Waals surface area contributed by atoms with Gasteiger partial charge in [-0.1, -0.05) is 12.1 Å². The third-order valence-corrected chi connectivity index (χ3v) is 7.34. The lowest BCUT2D eigenvalue weighted by Gasteiger charge is -2.36. The minimum absolute atomic E-state index is 0.0242. The van der Waals surface area contributed by atoms with E-state index in [-0.39, 0.29) is 42.1 Å². The van der Waals surface area contributed by atoms with Crippen LogP contribution in [0.5, 0.6) is 5.75 Å². The molecule has 0 aliphatic carbocycles. The molecular weight excluding hydrogens is 493 g/mol. The summed E-state index contributed by atoms with van der Waals surface area (Å²) in [6, 6.07) is 10.3. The number of alkyl halides is 3. The van der Waals surface area contributed by atoms with Crippen molar-refractivity contribution in [1.29, 1.82) is 0 Å². The Hall–Kier alpha value is -3.18. The number of fused-ring (bicyclic) bond motifs is 1. The predicted molar refractivity (Wildman–Crippen MR) is 119 cm³/mol. The van der Waals surface area contributed by atoms with Gasteiger partial charge in [-0.15, -0.1) is 0 Å². The number of aliphatic hydroxyl groups excluding tert-OH is 1. The minimum atomic E-state index is -4.75. The Morgan fingerprint density at radius 2 is 1.80 bits per heavy atom. The fourth-order valence-electron chi connectivity index (χ4n) is 3.86. The van der Waals surface area contributed by atoms with Crippen LogP contribution < -0.4 is 9.04 Å². The topological polar surface area (TPSA) is 66.8 Å². The molecule has 1 heterocycles. The molecular formula is C24H20F5NO4S. The molecule has 3 aromatic carbocycles. The van der Waals surface area contributed by atoms with E-state index in [0.29, 0.717) is 12.5 Å². The van der Waals surface area contributed by atoms with E-state index in [4.69, 9.17) is 9.84 Å². The second-order valence-corrected chi connectivity index (χ2v) is 9.84. The van der Waals surface area contributed by atoms with Crippen LogP contribution in [0.15, 0.2) is 65.6 Å². The molecule has 0 bridgehead atoms. The van der Waals surface area contributed by atoms with Crippen molar-refractivity contribution in [1.82, 2.24) is 0 Å². The third-order valence-electron chi connectivity index (χ3n) is 5.56. The van der Waals surface area contributed by atoms with Gasteiger partial charge in [0.2, 0.25) is 0 Å². The van der Waals surface area contributed by atoms with Crippen LogP contribution in [-0.4, -0.2) is 32.8 Å². The largest absolute Gasteiger partial charge is 0.486 e. The van der Waals surface area contributed by atoms with Gasteiger partial charge in [0.1, 0.15) is 23.5 Å². The van der Waals surface area contributed by atoms with Crippen molar-refractivity contribution >= 4 is 15.7 Å². The Morgan fingerprint density at radius 3 is 2.51 bits per heavy atom. The monoisotopic (exact) mass is 513 g/mol. The average Bonchev–Trinajstić information content (AvgIpc) is 2.83. The SMILES string of the molecule is O=S(=O)(c1cccc(C(F)(F)F)c1)N1CC(CCCO)Oc2ccc(-c3cc(F)ccc3F)cc21. The summed E-state index contributed by atoms with van der Waals surface area (Å²) in [6.07, 6.45) is -4.85. The smallest absolute Gasteiger partial charge is 0.416 e. The van der Waals surface area contributed by atoms with Gasteiger partial charge in [0.25, 0.3) is 10.0 Å². The molecule has 3 aromatic rings. The van der Waals surface area contributed by atoms with Crippen LogP contribution in [0, 0.1) is 11.6 Å². The maximum atomic E-state index is 14.4. The van der Waals surface area contributed by atoms with Crippen molar-refractivity contribution in [3.63, 3.8) is 0 Å². The van der Waals surface area contributed by atoms with Crippen molar-refractivity contribution < 1.29 is 40.2 Å². The van der Waals surface area contributed by atoms with Crippen molar-refractivity contribution in [2.75, 3.05) is 17.5 Å². The number of aliphatic hydroxyl groups is 1. The summed E-state index contributed by atoms with van der Waals surface area (Å²) in [5, 5.41) is 9.15. The lowest BCUT2D eigenvalue weighted by atomic mass is 10.0. The zero-order chi connectivity index (χ0) is 25.4. The van der Waals surface area contributed by atoms with Crippen LogP contribution in [0.4, 0.5) is 27.6 Å². The number of hydrogen-bond donors (Lipinski definition) is 1. The highest BCUT2D eigenvalue weighted by Gasteiger charge is 2.37. The number of halogens is 5. The maximum absolute atomic E-state index is 14.4. The van der Waals surface area contributed by atoms with Gasteiger partial charge in [-0.3, -0.25) is 4.31 Å². The molecule has 1 unspecified atom stereocenters. The molecule has 0 amide bonds. The lowest BCUT2D eigenvalue weighted by molar-refractivity contribution is -0.137. The summed E-state index contributed by atoms with van der Waals surface area (Å²) in [5.74, 6) is -1.33. The first kappa shape index (κ1) is 24.9. The number of sulfonamides is 1. The fourth-order valence-corrected chi connectivity index (χ4v) is 5.40. The van der Waals surface area contributed by atoms with Crippen LogP contribution >= 0.6 is 0 Å². The number of hydrogen-bond acceptors (Lipinski definition) is 4. The number of anilines is 1. The van der Waals surface area contributed by atoms with Gasteiger partial charge >= 0.3 is 6.18 Å². The molecule has 0 saturated heterocycles. The summed E-state index contributed by atoms with van der Waals surface area (Å²) >= 11 is 0. The molecule has 0 saturated carbocycles. The summed E-state index contributed by atoms with van der Waals surface area (Å²) in [4.78, 5) is -0.580. The first-order valence-corrected chi connectivity index (χ1v) is 12.0. The highest BCUT2D eigenvalue weighted by Crippen LogP contribution is 2.41. The molecule has 1 aliphatic rings. The Morgan fingerprint density at radius 1 is 1.03 bits per heavy atom. The van der Waals surface area contributed by atoms with Gasteiger partial charge in [-0.05, 0) is 66.9 Å². The summed E-state index contributed by atoms with van der Waals surface area (Å²) in [5.41, 5.74) is -1.11. The molecule has 0 fully saturated rings. The van der Waals surface area contributed by atoms with E-state index in [2.05, 4.69) is 0 Å². The molecule has 1 N–H and O–H groups in total. The van der Waals surface area contributed by atoms with Gasteiger partial charge in [-0.2, -0.15) is 13.2 Å². The van der Waals surface area contributed by atoms with Crippen LogP contribution in [0.25, 0.3) is 11.1 Å². The Labute approximate surface area is 198 Å². The molecule has 35 heavy (non-hydrogen) atoms. The van der Waals surface area contributed by atoms with Crippen molar-refractivity contribution in [3.05, 3.63) is 77.9 Å². The average molecular weight is 513 g/mol. The molecule has 11 heteroatoms. The van der Waals surface area contributed by atoms with Crippen molar-refractivity contribution in [2.45, 2.75) is 30.0 Å². The van der Waals surface area contributed by atoms with Crippen LogP contribution in [0.2, 0.25) is 0 Å². The minimum Gasteiger partial charge on any atom is -0.486 e. The third kappa shape index (κ3) is 5.10. The number of ether oxygens (including phenoxy) is 1. The quantitative estimate of drug-likeness (QED) is 0.450. The van der Waals surface area contributed by atoms with E-state index >= 15 is 0 Å². The zero-order valence-corrected chi connectivity index (χ0v) is 18.9. The van der Waals surface area contributed by atoms with E-state index in [1.54, 1.807) is 0 Å². The molecule has 4 rings (SSSR count). The van der Waals surface area contributed by atoms with Crippen LogP contribution in [0.3, 0.4) is 0 Å². The molecule has 0 spiro atoms. The predicted octanol–water partition coefficient (Wildman–Crippen LogP) is 5.38. The van der Waals surface area contributed by atoms with Crippen molar-refractivity contribution in [2.24, 2.45) is 0 Å². The summed E-state index contributed by atoms with van der Waals surface area (Å²) in [6.45, 7) is -0.411. The van der Waals surface area contributed by atoms with Gasteiger partial charge in [0.15, 0.2) is 0 Å². The standard InChI is InChI=1S/C24H20F5NO4S/c25-17-7-8-21(26)20(13-17)15-6-9-23-22(11-15)30(14-18(34-23)4-2-10-31)35(32,33)19-5-1-3-16(12-19)24(27,28)29/h1,3,5-9,11-13,18,31H,2,4,10,14H2. The fraction of sp³-hybridized carbons (Fsp3) is 0.250. The second kappa shape index (κ2) is 9.46. The molecule has 1 atom stereocenters. The Bertz CT molecular complexity index is 1340. The van der Waals surface area contributed by atoms with E-state index in [1.807, 2.05) is 0 Å². The van der Waals surface area contributed by atoms with E-state index in [0.717, 1.165) is 40.7 Å². The molecule has 1 aliphatic heterocycles. The number of nitrogens with zero attached hydrogens (tertiary/aromatic N) is 1. The Balaban J connectivity index is 1.84. The molecule has 0 radical (unpaired) electrons. The van der Waals surface area contributed by atoms with Gasteiger partial charge in [0.05, 0.1) is 22.7 Å². The highest BCUT2D eigenvalue weighted by atomic mass is 32.2. The maximum Gasteiger partial charge on any atom is 0.416 e. The summed E-state index contributed by atoms with van der Waals surface area (Å²) < 4.78 is 102. The second-order valence-electron chi connectivity index (χ2n) is 7.97. The first-order valence-electron chi connectivity index (χ1n) is 10.6. The van der Waals surface area contributed by atoms with E-state index < -0.39 is 44.4 Å². The van der Waals surface area contributed by atoms with Gasteiger partial charge < -0.3 is 9.84 Å². The highest BCUT2D eigenvalue weighted by molar-refractivity contribution is 7.92. The van der Waals surface area contributed by atoms with Crippen LogP contribution in [0.1, 0.15) is 18.4 Å². The first-order chi connectivity index (χ1) is 16.5. The van der Waals surface area contributed by atoms with E-state index in [1.165, 1.54) is 18.2 Å². The lowest BCUT2D eigenvalue weighted by Crippen LogP contribution is -2.43. The van der Waals surface area contributed by atoms with E-state index in [9.17, 15) is 30.4 Å². The zero-order valence-electron chi connectivity index (χ0n) is 18.1. The molecule has 0 aromatic heterocycles. The van der Waals surface area contributed by atoms with Crippen LogP contribution in [-0.2, 0) is 16.2 Å². The molecule has 5 nitrogen and oxygen atoms in total. The molecule has 186 valence electrons. The number of rotatable bonds is 6.